The fraction of sp³-hybridized carbons (Fsp3) is 0.316. The molecule has 1 aliphatic heterocycles. The monoisotopic (exact) mass is 370 g/mol. The molecule has 1 aliphatic rings. The van der Waals surface area contributed by atoms with Crippen molar-refractivity contribution in [3.05, 3.63) is 49.0 Å². The van der Waals surface area contributed by atoms with Gasteiger partial charge in [0.25, 0.3) is 5.97 Å². The maximum atomic E-state index is 9.28. The number of hydrogen-bond acceptors (Lipinski definition) is 6. The summed E-state index contributed by atoms with van der Waals surface area (Å²) in [6.07, 6.45) is 6.26. The molecule has 3 aromatic rings. The summed E-state index contributed by atoms with van der Waals surface area (Å²) in [6.45, 7) is 2.06. The highest BCUT2D eigenvalue weighted by Crippen LogP contribution is 2.28. The molecule has 0 saturated carbocycles. The van der Waals surface area contributed by atoms with Gasteiger partial charge in [0.05, 0.1) is 6.61 Å². The number of aliphatic hydroxyl groups excluding tert-OH is 1. The molecule has 2 aromatic heterocycles. The lowest BCUT2D eigenvalue weighted by atomic mass is 10.2. The molecule has 27 heavy (non-hydrogen) atoms. The van der Waals surface area contributed by atoms with Crippen LogP contribution in [0.3, 0.4) is 0 Å². The van der Waals surface area contributed by atoms with Gasteiger partial charge in [-0.05, 0) is 18.6 Å². The number of aliphatic carboxylic acids is 1. The van der Waals surface area contributed by atoms with Crippen LogP contribution < -0.4 is 5.32 Å². The zero-order valence-corrected chi connectivity index (χ0v) is 14.9. The molecule has 8 heteroatoms. The minimum absolute atomic E-state index is 0.146. The molecule has 4 rings (SSSR count). The number of oxazole rings is 1. The summed E-state index contributed by atoms with van der Waals surface area (Å²) in [4.78, 5) is 18.0. The summed E-state index contributed by atoms with van der Waals surface area (Å²) in [7, 11) is 0. The normalized spacial score (nSPS) is 18.7. The molecule has 0 aliphatic carbocycles. The fourth-order valence-corrected chi connectivity index (χ4v) is 3.04. The Morgan fingerprint density at radius 2 is 2.11 bits per heavy atom. The molecule has 3 N–H and O–H groups in total. The Hall–Kier alpha value is -2.97. The van der Waals surface area contributed by atoms with E-state index in [4.69, 9.17) is 14.3 Å². The van der Waals surface area contributed by atoms with E-state index < -0.39 is 5.97 Å². The van der Waals surface area contributed by atoms with E-state index in [1.54, 1.807) is 12.5 Å². The molecule has 0 bridgehead atoms. The molecule has 1 aromatic carbocycles. The van der Waals surface area contributed by atoms with Gasteiger partial charge in [-0.25, -0.2) is 9.97 Å². The van der Waals surface area contributed by atoms with Crippen LogP contribution in [-0.2, 0) is 4.79 Å². The maximum absolute atomic E-state index is 9.28. The molecule has 0 spiro atoms. The molecule has 3 heterocycles. The highest BCUT2D eigenvalue weighted by molar-refractivity contribution is 5.63. The average Bonchev–Trinajstić information content (AvgIpc) is 3.40. The molecule has 0 unspecified atom stereocenters. The Morgan fingerprint density at radius 3 is 2.78 bits per heavy atom. The Kier molecular flexibility index (Phi) is 6.00. The third-order valence-corrected chi connectivity index (χ3v) is 4.24. The summed E-state index contributed by atoms with van der Waals surface area (Å²) in [5, 5.41) is 20.0. The first-order valence-electron chi connectivity index (χ1n) is 8.66. The van der Waals surface area contributed by atoms with Gasteiger partial charge in [0, 0.05) is 43.5 Å². The first-order chi connectivity index (χ1) is 13.1. The Bertz CT molecular complexity index is 871. The van der Waals surface area contributed by atoms with E-state index in [0.29, 0.717) is 5.89 Å². The summed E-state index contributed by atoms with van der Waals surface area (Å²) in [6, 6.07) is 10.2. The molecule has 2 atom stereocenters. The number of rotatable bonds is 4. The van der Waals surface area contributed by atoms with E-state index >= 15 is 0 Å². The van der Waals surface area contributed by atoms with Gasteiger partial charge in [-0.1, -0.05) is 18.2 Å². The summed E-state index contributed by atoms with van der Waals surface area (Å²) in [5.74, 6) is 0.550. The van der Waals surface area contributed by atoms with E-state index in [1.165, 1.54) is 0 Å². The first-order valence-corrected chi connectivity index (χ1v) is 8.66. The SMILES string of the molecule is CC(=O)O.OC[C@@H]1C[C@H](n2ccnc2-c2coc(-c3ccccc3)n2)CN1. The fourth-order valence-electron chi connectivity index (χ4n) is 3.04. The van der Waals surface area contributed by atoms with Crippen molar-refractivity contribution >= 4 is 5.97 Å². The van der Waals surface area contributed by atoms with Gasteiger partial charge >= 0.3 is 0 Å². The maximum Gasteiger partial charge on any atom is 0.300 e. The van der Waals surface area contributed by atoms with Gasteiger partial charge < -0.3 is 24.5 Å². The summed E-state index contributed by atoms with van der Waals surface area (Å²) in [5.41, 5.74) is 1.67. The highest BCUT2D eigenvalue weighted by atomic mass is 16.4. The number of carbonyl (C=O) groups is 1. The van der Waals surface area contributed by atoms with Gasteiger partial charge in [-0.3, -0.25) is 4.79 Å². The number of nitrogens with one attached hydrogen (secondary N) is 1. The lowest BCUT2D eigenvalue weighted by Crippen LogP contribution is -2.24. The molecule has 1 saturated heterocycles. The quantitative estimate of drug-likeness (QED) is 0.645. The van der Waals surface area contributed by atoms with Crippen LogP contribution in [0.2, 0.25) is 0 Å². The predicted octanol–water partition coefficient (Wildman–Crippen LogP) is 2.19. The third-order valence-electron chi connectivity index (χ3n) is 4.24. The first kappa shape index (κ1) is 18.8. The topological polar surface area (TPSA) is 113 Å². The number of carboxylic acids is 1. The van der Waals surface area contributed by atoms with Crippen molar-refractivity contribution in [2.75, 3.05) is 13.2 Å². The smallest absolute Gasteiger partial charge is 0.300 e. The van der Waals surface area contributed by atoms with Crippen molar-refractivity contribution in [2.24, 2.45) is 0 Å². The van der Waals surface area contributed by atoms with Crippen LogP contribution in [0.4, 0.5) is 0 Å². The Morgan fingerprint density at radius 1 is 1.37 bits per heavy atom. The minimum atomic E-state index is -0.833. The third kappa shape index (κ3) is 4.60. The van der Waals surface area contributed by atoms with Gasteiger partial charge in [0.1, 0.15) is 12.0 Å². The molecule has 1 fully saturated rings. The molecule has 0 amide bonds. The number of carboxylic acid groups (broad SMARTS) is 1. The number of aromatic nitrogens is 3. The Labute approximate surface area is 156 Å². The van der Waals surface area contributed by atoms with Crippen LogP contribution >= 0.6 is 0 Å². The van der Waals surface area contributed by atoms with Crippen molar-refractivity contribution in [1.29, 1.82) is 0 Å². The number of aliphatic hydroxyl groups is 1. The second kappa shape index (κ2) is 8.61. The molecule has 0 radical (unpaired) electrons. The zero-order valence-electron chi connectivity index (χ0n) is 14.9. The highest BCUT2D eigenvalue weighted by Gasteiger charge is 2.27. The van der Waals surface area contributed by atoms with Crippen LogP contribution in [-0.4, -0.2) is 49.9 Å². The van der Waals surface area contributed by atoms with E-state index in [1.807, 2.05) is 36.5 Å². The van der Waals surface area contributed by atoms with Gasteiger partial charge in [-0.15, -0.1) is 0 Å². The average molecular weight is 370 g/mol. The van der Waals surface area contributed by atoms with Crippen LogP contribution in [0.1, 0.15) is 19.4 Å². The van der Waals surface area contributed by atoms with Crippen molar-refractivity contribution in [1.82, 2.24) is 19.9 Å². The Balaban J connectivity index is 0.000000481. The van der Waals surface area contributed by atoms with Gasteiger partial charge in [0.2, 0.25) is 5.89 Å². The van der Waals surface area contributed by atoms with Crippen molar-refractivity contribution < 1.29 is 19.4 Å². The second-order valence-electron chi connectivity index (χ2n) is 6.26. The molecule has 142 valence electrons. The lowest BCUT2D eigenvalue weighted by molar-refractivity contribution is -0.134. The summed E-state index contributed by atoms with van der Waals surface area (Å²) >= 11 is 0. The van der Waals surface area contributed by atoms with Gasteiger partial charge in [-0.2, -0.15) is 0 Å². The molecule has 8 nitrogen and oxygen atoms in total. The van der Waals surface area contributed by atoms with E-state index in [0.717, 1.165) is 37.0 Å². The van der Waals surface area contributed by atoms with Crippen molar-refractivity contribution in [3.8, 4) is 23.0 Å². The van der Waals surface area contributed by atoms with Crippen LogP contribution in [0, 0.1) is 0 Å². The largest absolute Gasteiger partial charge is 0.481 e. The van der Waals surface area contributed by atoms with Crippen molar-refractivity contribution in [3.63, 3.8) is 0 Å². The molecular weight excluding hydrogens is 348 g/mol. The minimum Gasteiger partial charge on any atom is -0.481 e. The van der Waals surface area contributed by atoms with E-state index in [2.05, 4.69) is 19.9 Å². The lowest BCUT2D eigenvalue weighted by Gasteiger charge is -2.13. The zero-order chi connectivity index (χ0) is 19.2. The number of hydrogen-bond donors (Lipinski definition) is 3. The predicted molar refractivity (Wildman–Crippen MR) is 99.0 cm³/mol. The number of imidazole rings is 1. The second-order valence-corrected chi connectivity index (χ2v) is 6.26. The molecular formula is C19H22N4O4. The van der Waals surface area contributed by atoms with Crippen LogP contribution in [0.15, 0.2) is 53.4 Å². The standard InChI is InChI=1S/C17H18N4O2.C2H4O2/c22-10-13-8-14(9-19-13)21-7-6-18-16(21)15-11-23-17(20-15)12-4-2-1-3-5-12;1-2(3)4/h1-7,11,13-14,19,22H,8-10H2;1H3,(H,3,4)/t13-,14-;/m0./s1. The summed E-state index contributed by atoms with van der Waals surface area (Å²) < 4.78 is 7.72. The number of benzene rings is 1. The van der Waals surface area contributed by atoms with E-state index in [-0.39, 0.29) is 18.7 Å². The van der Waals surface area contributed by atoms with Crippen LogP contribution in [0.25, 0.3) is 23.0 Å². The van der Waals surface area contributed by atoms with Crippen LogP contribution in [0.5, 0.6) is 0 Å². The van der Waals surface area contributed by atoms with Crippen molar-refractivity contribution in [2.45, 2.75) is 25.4 Å². The van der Waals surface area contributed by atoms with Gasteiger partial charge in [0.15, 0.2) is 5.82 Å². The number of nitrogens with zero attached hydrogens (tertiary/aromatic N) is 3. The van der Waals surface area contributed by atoms with E-state index in [9.17, 15) is 5.11 Å².